The number of carbonyl (C=O) groups excluding carboxylic acids is 2. The number of likely N-dealkylation sites (tertiary alicyclic amines) is 1. The van der Waals surface area contributed by atoms with Crippen molar-refractivity contribution in [2.45, 2.75) is 12.5 Å². The van der Waals surface area contributed by atoms with Gasteiger partial charge in [-0.25, -0.2) is 4.79 Å². The van der Waals surface area contributed by atoms with Crippen molar-refractivity contribution in [2.75, 3.05) is 13.7 Å². The Balaban J connectivity index is 2.30. The smallest absolute Gasteiger partial charge is 0.410 e. The number of methoxy groups -OCH3 is 1. The van der Waals surface area contributed by atoms with E-state index in [4.69, 9.17) is 0 Å². The van der Waals surface area contributed by atoms with Gasteiger partial charge in [-0.3, -0.25) is 9.69 Å². The normalized spacial score (nSPS) is 19.9. The van der Waals surface area contributed by atoms with E-state index in [9.17, 15) is 9.59 Å². The highest BCUT2D eigenvalue weighted by atomic mass is 16.5. The fourth-order valence-corrected chi connectivity index (χ4v) is 1.99. The van der Waals surface area contributed by atoms with Crippen LogP contribution < -0.4 is 0 Å². The number of nitrogens with zero attached hydrogens (tertiary/aromatic N) is 1. The third kappa shape index (κ3) is 1.78. The third-order valence-electron chi connectivity index (χ3n) is 2.74. The molecule has 0 aromatic heterocycles. The van der Waals surface area contributed by atoms with Crippen molar-refractivity contribution in [2.24, 2.45) is 0 Å². The minimum Gasteiger partial charge on any atom is -0.453 e. The SMILES string of the molecule is COC(=O)N1CCC(=O)C1c1ccccc1. The molecule has 1 aromatic rings. The predicted molar refractivity (Wildman–Crippen MR) is 57.9 cm³/mol. The van der Waals surface area contributed by atoms with Crippen LogP contribution in [0.15, 0.2) is 30.3 Å². The van der Waals surface area contributed by atoms with Crippen LogP contribution >= 0.6 is 0 Å². The number of hydrogen-bond donors (Lipinski definition) is 0. The maximum absolute atomic E-state index is 11.8. The molecule has 0 saturated carbocycles. The second-order valence-electron chi connectivity index (χ2n) is 3.69. The molecule has 4 nitrogen and oxygen atoms in total. The monoisotopic (exact) mass is 219 g/mol. The second kappa shape index (κ2) is 4.35. The molecule has 0 spiro atoms. The van der Waals surface area contributed by atoms with Gasteiger partial charge in [0.15, 0.2) is 5.78 Å². The molecule has 1 heterocycles. The summed E-state index contributed by atoms with van der Waals surface area (Å²) in [5, 5.41) is 0. The molecule has 1 amide bonds. The van der Waals surface area contributed by atoms with Gasteiger partial charge in [0.25, 0.3) is 0 Å². The van der Waals surface area contributed by atoms with Gasteiger partial charge < -0.3 is 4.74 Å². The van der Waals surface area contributed by atoms with E-state index in [1.807, 2.05) is 30.3 Å². The van der Waals surface area contributed by atoms with Gasteiger partial charge in [0, 0.05) is 13.0 Å². The molecule has 1 atom stereocenters. The van der Waals surface area contributed by atoms with Crippen LogP contribution in [-0.2, 0) is 9.53 Å². The summed E-state index contributed by atoms with van der Waals surface area (Å²) >= 11 is 0. The van der Waals surface area contributed by atoms with Gasteiger partial charge in [-0.1, -0.05) is 30.3 Å². The van der Waals surface area contributed by atoms with Crippen molar-refractivity contribution in [3.05, 3.63) is 35.9 Å². The van der Waals surface area contributed by atoms with E-state index >= 15 is 0 Å². The summed E-state index contributed by atoms with van der Waals surface area (Å²) < 4.78 is 4.67. The van der Waals surface area contributed by atoms with Crippen LogP contribution in [0.4, 0.5) is 4.79 Å². The van der Waals surface area contributed by atoms with Gasteiger partial charge in [-0.15, -0.1) is 0 Å². The summed E-state index contributed by atoms with van der Waals surface area (Å²) in [6.45, 7) is 0.436. The Bertz CT molecular complexity index is 402. The van der Waals surface area contributed by atoms with Crippen molar-refractivity contribution >= 4 is 11.9 Å². The molecule has 1 saturated heterocycles. The molecule has 84 valence electrons. The average molecular weight is 219 g/mol. The molecule has 0 aliphatic carbocycles. The van der Waals surface area contributed by atoms with Gasteiger partial charge in [-0.2, -0.15) is 0 Å². The lowest BCUT2D eigenvalue weighted by Crippen LogP contribution is -2.31. The summed E-state index contributed by atoms with van der Waals surface area (Å²) in [6.07, 6.45) is -0.0472. The van der Waals surface area contributed by atoms with E-state index in [2.05, 4.69) is 4.74 Å². The van der Waals surface area contributed by atoms with Crippen LogP contribution in [0.3, 0.4) is 0 Å². The van der Waals surface area contributed by atoms with Crippen molar-refractivity contribution in [3.8, 4) is 0 Å². The van der Waals surface area contributed by atoms with Crippen LogP contribution in [0, 0.1) is 0 Å². The predicted octanol–water partition coefficient (Wildman–Crippen LogP) is 1.77. The lowest BCUT2D eigenvalue weighted by molar-refractivity contribution is -0.119. The maximum atomic E-state index is 11.8. The molecule has 1 fully saturated rings. The zero-order valence-corrected chi connectivity index (χ0v) is 9.05. The molecule has 1 aliphatic rings. The summed E-state index contributed by atoms with van der Waals surface area (Å²) in [5.41, 5.74) is 0.843. The maximum Gasteiger partial charge on any atom is 0.410 e. The molecule has 0 N–H and O–H groups in total. The summed E-state index contributed by atoms with van der Waals surface area (Å²) in [6, 6.07) is 8.82. The fraction of sp³-hybridized carbons (Fsp3) is 0.333. The molecule has 16 heavy (non-hydrogen) atoms. The molecule has 1 unspecified atom stereocenters. The number of ether oxygens (including phenoxy) is 1. The Morgan fingerprint density at radius 1 is 1.38 bits per heavy atom. The third-order valence-corrected chi connectivity index (χ3v) is 2.74. The summed E-state index contributed by atoms with van der Waals surface area (Å²) in [7, 11) is 1.33. The van der Waals surface area contributed by atoms with Crippen molar-refractivity contribution in [3.63, 3.8) is 0 Å². The Morgan fingerprint density at radius 2 is 2.06 bits per heavy atom. The Labute approximate surface area is 93.8 Å². The average Bonchev–Trinajstić information content (AvgIpc) is 2.71. The number of hydrogen-bond acceptors (Lipinski definition) is 3. The first-order valence-electron chi connectivity index (χ1n) is 5.16. The van der Waals surface area contributed by atoms with Gasteiger partial charge in [0.2, 0.25) is 0 Å². The first-order valence-corrected chi connectivity index (χ1v) is 5.16. The Kier molecular flexibility index (Phi) is 2.90. The van der Waals surface area contributed by atoms with Crippen LogP contribution in [0.1, 0.15) is 18.0 Å². The van der Waals surface area contributed by atoms with Crippen LogP contribution in [0.5, 0.6) is 0 Å². The topological polar surface area (TPSA) is 46.6 Å². The minimum atomic E-state index is -0.478. The van der Waals surface area contributed by atoms with Crippen LogP contribution in [-0.4, -0.2) is 30.4 Å². The van der Waals surface area contributed by atoms with E-state index in [0.717, 1.165) is 5.56 Å². The largest absolute Gasteiger partial charge is 0.453 e. The fourth-order valence-electron chi connectivity index (χ4n) is 1.99. The quantitative estimate of drug-likeness (QED) is 0.723. The highest BCUT2D eigenvalue weighted by Crippen LogP contribution is 2.29. The standard InChI is InChI=1S/C12H13NO3/c1-16-12(15)13-8-7-10(14)11(13)9-5-3-2-4-6-9/h2-6,11H,7-8H2,1H3. The van der Waals surface area contributed by atoms with Gasteiger partial charge in [0.05, 0.1) is 7.11 Å². The van der Waals surface area contributed by atoms with Gasteiger partial charge >= 0.3 is 6.09 Å². The minimum absolute atomic E-state index is 0.0663. The van der Waals surface area contributed by atoms with Crippen LogP contribution in [0.2, 0.25) is 0 Å². The highest BCUT2D eigenvalue weighted by molar-refractivity contribution is 5.91. The number of benzene rings is 1. The summed E-state index contributed by atoms with van der Waals surface area (Å²) in [4.78, 5) is 24.7. The van der Waals surface area contributed by atoms with Crippen molar-refractivity contribution in [1.82, 2.24) is 4.90 Å². The van der Waals surface area contributed by atoms with Crippen molar-refractivity contribution in [1.29, 1.82) is 0 Å². The first kappa shape index (κ1) is 10.7. The number of Topliss-reactive ketones (excluding diaryl/α,β-unsaturated/α-hetero) is 1. The highest BCUT2D eigenvalue weighted by Gasteiger charge is 2.37. The molecular formula is C12H13NO3. The lowest BCUT2D eigenvalue weighted by atomic mass is 10.0. The van der Waals surface area contributed by atoms with Gasteiger partial charge in [0.1, 0.15) is 6.04 Å². The first-order chi connectivity index (χ1) is 7.74. The molecule has 1 aromatic carbocycles. The lowest BCUT2D eigenvalue weighted by Gasteiger charge is -2.22. The number of rotatable bonds is 1. The van der Waals surface area contributed by atoms with E-state index < -0.39 is 12.1 Å². The Hall–Kier alpha value is -1.84. The summed E-state index contributed by atoms with van der Waals surface area (Å²) in [5.74, 6) is 0.0663. The van der Waals surface area contributed by atoms with E-state index in [1.165, 1.54) is 12.0 Å². The van der Waals surface area contributed by atoms with Gasteiger partial charge in [-0.05, 0) is 5.56 Å². The molecular weight excluding hydrogens is 206 g/mol. The number of carbonyl (C=O) groups is 2. The molecule has 2 rings (SSSR count). The number of amides is 1. The van der Waals surface area contributed by atoms with Crippen LogP contribution in [0.25, 0.3) is 0 Å². The van der Waals surface area contributed by atoms with E-state index in [0.29, 0.717) is 13.0 Å². The second-order valence-corrected chi connectivity index (χ2v) is 3.69. The van der Waals surface area contributed by atoms with E-state index in [-0.39, 0.29) is 5.78 Å². The van der Waals surface area contributed by atoms with Crippen molar-refractivity contribution < 1.29 is 14.3 Å². The molecule has 0 radical (unpaired) electrons. The Morgan fingerprint density at radius 3 is 2.69 bits per heavy atom. The number of ketones is 1. The molecule has 0 bridgehead atoms. The zero-order chi connectivity index (χ0) is 11.5. The zero-order valence-electron chi connectivity index (χ0n) is 9.05. The molecule has 1 aliphatic heterocycles. The van der Waals surface area contributed by atoms with E-state index in [1.54, 1.807) is 0 Å². The molecule has 4 heteroatoms.